The predicted octanol–water partition coefficient (Wildman–Crippen LogP) is 4.83. The molecule has 0 heterocycles. The lowest BCUT2D eigenvalue weighted by molar-refractivity contribution is -0.131. The number of carbonyl (C=O) groups is 1. The highest BCUT2D eigenvalue weighted by Gasteiger charge is 2.00. The molecule has 26 heavy (non-hydrogen) atoms. The van der Waals surface area contributed by atoms with E-state index in [1.54, 1.807) is 19.1 Å². The summed E-state index contributed by atoms with van der Waals surface area (Å²) in [5.41, 5.74) is 2.13. The van der Waals surface area contributed by atoms with Gasteiger partial charge >= 0.3 is 5.97 Å². The second-order valence-electron chi connectivity index (χ2n) is 5.93. The molecule has 0 spiro atoms. The quantitative estimate of drug-likeness (QED) is 0.613. The van der Waals surface area contributed by atoms with Crippen molar-refractivity contribution in [3.8, 4) is 11.5 Å². The van der Waals surface area contributed by atoms with Crippen LogP contribution in [0.1, 0.15) is 38.3 Å². The maximum absolute atomic E-state index is 10.5. The summed E-state index contributed by atoms with van der Waals surface area (Å²) in [5, 5.41) is 9.14. The number of esters is 1. The first-order valence-electron chi connectivity index (χ1n) is 9.05. The number of aryl methyl sites for hydroxylation is 2. The fourth-order valence-corrected chi connectivity index (χ4v) is 2.10. The second kappa shape index (κ2) is 13.9. The van der Waals surface area contributed by atoms with Gasteiger partial charge in [0.25, 0.3) is 0 Å². The molecular formula is C22H33NO3. The molecule has 0 amide bonds. The Labute approximate surface area is 158 Å². The molecule has 0 saturated heterocycles. The minimum atomic E-state index is -0.361. The van der Waals surface area contributed by atoms with Crippen molar-refractivity contribution in [1.82, 2.24) is 4.90 Å². The number of ether oxygens (including phenoxy) is 1. The molecule has 4 nitrogen and oxygen atoms in total. The molecule has 2 aromatic carbocycles. The van der Waals surface area contributed by atoms with Crippen molar-refractivity contribution in [3.63, 3.8) is 0 Å². The van der Waals surface area contributed by atoms with Gasteiger partial charge < -0.3 is 14.7 Å². The molecule has 0 unspecified atom stereocenters. The van der Waals surface area contributed by atoms with E-state index >= 15 is 0 Å². The van der Waals surface area contributed by atoms with Gasteiger partial charge in [0.15, 0.2) is 0 Å². The first-order chi connectivity index (χ1) is 12.4. The molecule has 0 aliphatic heterocycles. The largest absolute Gasteiger partial charge is 0.508 e. The monoisotopic (exact) mass is 359 g/mol. The number of carbonyl (C=O) groups excluding carboxylic acids is 1. The molecule has 2 aromatic rings. The molecule has 2 rings (SSSR count). The van der Waals surface area contributed by atoms with Gasteiger partial charge in [-0.15, -0.1) is 0 Å². The van der Waals surface area contributed by atoms with Gasteiger partial charge in [-0.05, 0) is 69.7 Å². The fraction of sp³-hybridized carbons (Fsp3) is 0.409. The Morgan fingerprint density at radius 2 is 1.69 bits per heavy atom. The Morgan fingerprint density at radius 3 is 2.19 bits per heavy atom. The van der Waals surface area contributed by atoms with E-state index in [-0.39, 0.29) is 11.7 Å². The molecule has 0 atom stereocenters. The molecule has 1 N–H and O–H groups in total. The average molecular weight is 360 g/mol. The minimum Gasteiger partial charge on any atom is -0.508 e. The normalized spacial score (nSPS) is 9.50. The summed E-state index contributed by atoms with van der Waals surface area (Å²) in [4.78, 5) is 12.7. The van der Waals surface area contributed by atoms with E-state index in [1.165, 1.54) is 37.9 Å². The summed E-state index contributed by atoms with van der Waals surface area (Å²) in [6.07, 6.45) is 2.44. The van der Waals surface area contributed by atoms with Crippen molar-refractivity contribution < 1.29 is 14.6 Å². The predicted molar refractivity (Wildman–Crippen MR) is 109 cm³/mol. The molecule has 0 aliphatic rings. The zero-order valence-electron chi connectivity index (χ0n) is 17.0. The second-order valence-corrected chi connectivity index (χ2v) is 5.93. The van der Waals surface area contributed by atoms with Crippen LogP contribution in [-0.2, 0) is 11.2 Å². The topological polar surface area (TPSA) is 49.8 Å². The van der Waals surface area contributed by atoms with E-state index in [0.717, 1.165) is 0 Å². The van der Waals surface area contributed by atoms with Gasteiger partial charge in [-0.1, -0.05) is 44.2 Å². The third-order valence-corrected chi connectivity index (χ3v) is 3.34. The van der Waals surface area contributed by atoms with Crippen LogP contribution < -0.4 is 4.74 Å². The van der Waals surface area contributed by atoms with Crippen molar-refractivity contribution in [2.75, 3.05) is 20.6 Å². The number of hydrogen-bond acceptors (Lipinski definition) is 4. The third-order valence-electron chi connectivity index (χ3n) is 3.34. The van der Waals surface area contributed by atoms with E-state index in [4.69, 9.17) is 9.84 Å². The standard InChI is InChI=1S/C11H17N.C9H10O3.C2H6/c1-12(2)10-6-9-11-7-4-3-5-8-11;1-6-5-8(12-7(2)10)3-4-9(6)11;1-2/h3-5,7-8H,6,9-10H2,1-2H3;3-5,11H,1-2H3;1-2H3. The molecule has 0 bridgehead atoms. The number of benzene rings is 2. The fourth-order valence-electron chi connectivity index (χ4n) is 2.10. The average Bonchev–Trinajstić information content (AvgIpc) is 2.61. The van der Waals surface area contributed by atoms with Crippen LogP contribution in [0, 0.1) is 6.92 Å². The highest BCUT2D eigenvalue weighted by molar-refractivity contribution is 5.69. The Bertz CT molecular complexity index is 625. The number of rotatable bonds is 5. The minimum absolute atomic E-state index is 0.200. The van der Waals surface area contributed by atoms with Crippen LogP contribution in [0.15, 0.2) is 48.5 Å². The van der Waals surface area contributed by atoms with Crippen LogP contribution in [0.2, 0.25) is 0 Å². The number of phenolic OH excluding ortho intramolecular Hbond substituents is 1. The lowest BCUT2D eigenvalue weighted by Gasteiger charge is -2.08. The maximum atomic E-state index is 10.5. The van der Waals surface area contributed by atoms with Gasteiger partial charge in [-0.2, -0.15) is 0 Å². The zero-order valence-corrected chi connectivity index (χ0v) is 17.0. The Balaban J connectivity index is 0.000000439. The Morgan fingerprint density at radius 1 is 1.08 bits per heavy atom. The third kappa shape index (κ3) is 11.3. The highest BCUT2D eigenvalue weighted by Crippen LogP contribution is 2.21. The van der Waals surface area contributed by atoms with Crippen molar-refractivity contribution in [2.45, 2.75) is 40.5 Å². The van der Waals surface area contributed by atoms with E-state index < -0.39 is 0 Å². The highest BCUT2D eigenvalue weighted by atomic mass is 16.5. The van der Waals surface area contributed by atoms with Gasteiger partial charge in [0.1, 0.15) is 11.5 Å². The van der Waals surface area contributed by atoms with Crippen LogP contribution in [-0.4, -0.2) is 36.6 Å². The summed E-state index contributed by atoms with van der Waals surface area (Å²) >= 11 is 0. The number of nitrogens with zero attached hydrogens (tertiary/aromatic N) is 1. The first-order valence-corrected chi connectivity index (χ1v) is 9.05. The van der Waals surface area contributed by atoms with Crippen molar-refractivity contribution >= 4 is 5.97 Å². The van der Waals surface area contributed by atoms with Crippen molar-refractivity contribution in [1.29, 1.82) is 0 Å². The van der Waals surface area contributed by atoms with Crippen molar-refractivity contribution in [2.24, 2.45) is 0 Å². The molecule has 0 aliphatic carbocycles. The molecule has 144 valence electrons. The lowest BCUT2D eigenvalue weighted by Crippen LogP contribution is -2.13. The molecule has 0 radical (unpaired) electrons. The first kappa shape index (κ1) is 23.7. The summed E-state index contributed by atoms with van der Waals surface area (Å²) in [5.74, 6) is 0.295. The van der Waals surface area contributed by atoms with Gasteiger partial charge in [-0.3, -0.25) is 4.79 Å². The van der Waals surface area contributed by atoms with E-state index in [0.29, 0.717) is 11.3 Å². The zero-order chi connectivity index (χ0) is 19.9. The van der Waals surface area contributed by atoms with E-state index in [1.807, 2.05) is 13.8 Å². The van der Waals surface area contributed by atoms with Gasteiger partial charge in [0.05, 0.1) is 0 Å². The number of aromatic hydroxyl groups is 1. The molecule has 0 aromatic heterocycles. The Kier molecular flexibility index (Phi) is 12.7. The smallest absolute Gasteiger partial charge is 0.308 e. The van der Waals surface area contributed by atoms with Crippen LogP contribution in [0.5, 0.6) is 11.5 Å². The summed E-state index contributed by atoms with van der Waals surface area (Å²) in [6, 6.07) is 15.3. The Hall–Kier alpha value is -2.33. The van der Waals surface area contributed by atoms with E-state index in [9.17, 15) is 4.79 Å². The summed E-state index contributed by atoms with van der Waals surface area (Å²) in [6.45, 7) is 8.25. The SMILES string of the molecule is CC.CC(=O)Oc1ccc(O)c(C)c1.CN(C)CCCc1ccccc1. The van der Waals surface area contributed by atoms with Crippen LogP contribution in [0.4, 0.5) is 0 Å². The molecule has 0 saturated carbocycles. The van der Waals surface area contributed by atoms with Crippen LogP contribution >= 0.6 is 0 Å². The lowest BCUT2D eigenvalue weighted by atomic mass is 10.1. The van der Waals surface area contributed by atoms with Crippen molar-refractivity contribution in [3.05, 3.63) is 59.7 Å². The summed E-state index contributed by atoms with van der Waals surface area (Å²) in [7, 11) is 4.23. The molecule has 0 fully saturated rings. The number of phenols is 1. The molecular weight excluding hydrogens is 326 g/mol. The van der Waals surface area contributed by atoms with E-state index in [2.05, 4.69) is 49.3 Å². The maximum Gasteiger partial charge on any atom is 0.308 e. The van der Waals surface area contributed by atoms with Crippen LogP contribution in [0.25, 0.3) is 0 Å². The van der Waals surface area contributed by atoms with Gasteiger partial charge in [0, 0.05) is 6.92 Å². The summed E-state index contributed by atoms with van der Waals surface area (Å²) < 4.78 is 4.80. The number of hydrogen-bond donors (Lipinski definition) is 1. The molecule has 4 heteroatoms. The van der Waals surface area contributed by atoms with Gasteiger partial charge in [0.2, 0.25) is 0 Å². The van der Waals surface area contributed by atoms with Crippen LogP contribution in [0.3, 0.4) is 0 Å². The van der Waals surface area contributed by atoms with Gasteiger partial charge in [-0.25, -0.2) is 0 Å².